The molecule has 0 heterocycles. The topological polar surface area (TPSA) is 40.5 Å². The summed E-state index contributed by atoms with van der Waals surface area (Å²) < 4.78 is 0. The van der Waals surface area contributed by atoms with Crippen LogP contribution in [0.2, 0.25) is 0 Å². The lowest BCUT2D eigenvalue weighted by atomic mass is 9.83. The van der Waals surface area contributed by atoms with Crippen LogP contribution >= 0.6 is 0 Å². The Morgan fingerprint density at radius 3 is 1.55 bits per heavy atom. The molecule has 0 spiro atoms. The van der Waals surface area contributed by atoms with Crippen molar-refractivity contribution < 1.29 is 10.2 Å². The fourth-order valence-corrected chi connectivity index (χ4v) is 1.00. The molecule has 0 unspecified atom stereocenters. The van der Waals surface area contributed by atoms with Crippen molar-refractivity contribution in [1.82, 2.24) is 0 Å². The van der Waals surface area contributed by atoms with Gasteiger partial charge in [-0.2, -0.15) is 0 Å². The van der Waals surface area contributed by atoms with E-state index in [4.69, 9.17) is 10.2 Å². The van der Waals surface area contributed by atoms with Gasteiger partial charge in [-0.05, 0) is 12.8 Å². The molecule has 0 aromatic heterocycles. The van der Waals surface area contributed by atoms with E-state index in [2.05, 4.69) is 13.2 Å². The quantitative estimate of drug-likeness (QED) is 0.565. The third kappa shape index (κ3) is 2.87. The third-order valence-electron chi connectivity index (χ3n) is 1.83. The van der Waals surface area contributed by atoms with Gasteiger partial charge in [-0.25, -0.2) is 0 Å². The zero-order valence-electron chi connectivity index (χ0n) is 6.79. The maximum atomic E-state index is 8.98. The van der Waals surface area contributed by atoms with Crippen molar-refractivity contribution in [3.63, 3.8) is 0 Å². The van der Waals surface area contributed by atoms with E-state index in [1.165, 1.54) is 0 Å². The minimum absolute atomic E-state index is 0.0263. The van der Waals surface area contributed by atoms with Crippen LogP contribution in [0.4, 0.5) is 0 Å². The number of hydrogen-bond acceptors (Lipinski definition) is 2. The SMILES string of the molecule is C=CCC(CO)(CO)CC=C. The fourth-order valence-electron chi connectivity index (χ4n) is 1.00. The molecule has 11 heavy (non-hydrogen) atoms. The number of aliphatic hydroxyl groups is 2. The molecule has 0 aromatic rings. The summed E-state index contributed by atoms with van der Waals surface area (Å²) in [6, 6.07) is 0. The summed E-state index contributed by atoms with van der Waals surface area (Å²) >= 11 is 0. The maximum absolute atomic E-state index is 8.98. The number of allylic oxidation sites excluding steroid dienone is 2. The van der Waals surface area contributed by atoms with Gasteiger partial charge in [0.15, 0.2) is 0 Å². The average molecular weight is 156 g/mol. The van der Waals surface area contributed by atoms with Crippen molar-refractivity contribution in [2.45, 2.75) is 12.8 Å². The van der Waals surface area contributed by atoms with Gasteiger partial charge in [0.2, 0.25) is 0 Å². The van der Waals surface area contributed by atoms with Gasteiger partial charge in [-0.15, -0.1) is 13.2 Å². The number of hydrogen-bond donors (Lipinski definition) is 2. The smallest absolute Gasteiger partial charge is 0.0515 e. The Morgan fingerprint density at radius 2 is 1.36 bits per heavy atom. The molecule has 64 valence electrons. The lowest BCUT2D eigenvalue weighted by Gasteiger charge is -2.26. The molecule has 0 bridgehead atoms. The van der Waals surface area contributed by atoms with Crippen LogP contribution in [0.1, 0.15) is 12.8 Å². The number of aliphatic hydroxyl groups excluding tert-OH is 2. The van der Waals surface area contributed by atoms with Gasteiger partial charge < -0.3 is 10.2 Å². The van der Waals surface area contributed by atoms with Gasteiger partial charge in [-0.3, -0.25) is 0 Å². The van der Waals surface area contributed by atoms with Crippen molar-refractivity contribution in [2.24, 2.45) is 5.41 Å². The van der Waals surface area contributed by atoms with E-state index in [1.807, 2.05) is 0 Å². The van der Waals surface area contributed by atoms with E-state index in [9.17, 15) is 0 Å². The van der Waals surface area contributed by atoms with Crippen LogP contribution in [-0.4, -0.2) is 23.4 Å². The molecule has 0 fully saturated rings. The highest BCUT2D eigenvalue weighted by Gasteiger charge is 2.25. The molecule has 0 aliphatic rings. The molecule has 2 N–H and O–H groups in total. The van der Waals surface area contributed by atoms with Crippen LogP contribution in [0, 0.1) is 5.41 Å². The molecule has 0 saturated carbocycles. The summed E-state index contributed by atoms with van der Waals surface area (Å²) in [4.78, 5) is 0. The average Bonchev–Trinajstić information content (AvgIpc) is 2.04. The van der Waals surface area contributed by atoms with Crippen LogP contribution in [0.5, 0.6) is 0 Å². The van der Waals surface area contributed by atoms with Gasteiger partial charge in [0.1, 0.15) is 0 Å². The molecule has 0 radical (unpaired) electrons. The molecule has 2 nitrogen and oxygen atoms in total. The Kier molecular flexibility index (Phi) is 4.83. The summed E-state index contributed by atoms with van der Waals surface area (Å²) in [6.07, 6.45) is 4.64. The zero-order valence-corrected chi connectivity index (χ0v) is 6.79. The van der Waals surface area contributed by atoms with Gasteiger partial charge in [0, 0.05) is 5.41 Å². The second kappa shape index (κ2) is 5.10. The maximum Gasteiger partial charge on any atom is 0.0515 e. The zero-order chi connectivity index (χ0) is 8.74. The molecule has 0 saturated heterocycles. The van der Waals surface area contributed by atoms with Crippen LogP contribution in [0.25, 0.3) is 0 Å². The Hall–Kier alpha value is -0.600. The first kappa shape index (κ1) is 10.4. The summed E-state index contributed by atoms with van der Waals surface area (Å²) in [5.74, 6) is 0. The first-order valence-electron chi connectivity index (χ1n) is 3.68. The van der Waals surface area contributed by atoms with Crippen LogP contribution < -0.4 is 0 Å². The van der Waals surface area contributed by atoms with Crippen molar-refractivity contribution in [1.29, 1.82) is 0 Å². The molecular weight excluding hydrogens is 140 g/mol. The fraction of sp³-hybridized carbons (Fsp3) is 0.556. The summed E-state index contributed by atoms with van der Waals surface area (Å²) in [7, 11) is 0. The molecular formula is C9H16O2. The highest BCUT2D eigenvalue weighted by molar-refractivity contribution is 4.90. The minimum atomic E-state index is -0.441. The number of rotatable bonds is 6. The van der Waals surface area contributed by atoms with Gasteiger partial charge >= 0.3 is 0 Å². The monoisotopic (exact) mass is 156 g/mol. The lowest BCUT2D eigenvalue weighted by Crippen LogP contribution is -2.28. The first-order valence-corrected chi connectivity index (χ1v) is 3.68. The standard InChI is InChI=1S/C9H16O2/c1-3-5-9(7-10,8-11)6-4-2/h3-4,10-11H,1-2,5-8H2. The summed E-state index contributed by atoms with van der Waals surface area (Å²) in [6.45, 7) is 7.08. The first-order chi connectivity index (χ1) is 5.24. The predicted octanol–water partition coefficient (Wildman–Crippen LogP) is 1.11. The second-order valence-electron chi connectivity index (χ2n) is 2.80. The molecule has 0 aliphatic carbocycles. The van der Waals surface area contributed by atoms with Crippen molar-refractivity contribution in [2.75, 3.05) is 13.2 Å². The van der Waals surface area contributed by atoms with E-state index in [-0.39, 0.29) is 13.2 Å². The normalized spacial score (nSPS) is 11.1. The Morgan fingerprint density at radius 1 is 1.00 bits per heavy atom. The minimum Gasteiger partial charge on any atom is -0.396 e. The lowest BCUT2D eigenvalue weighted by molar-refractivity contribution is 0.0594. The molecule has 0 rings (SSSR count). The molecule has 0 amide bonds. The Labute approximate surface area is 67.9 Å². The second-order valence-corrected chi connectivity index (χ2v) is 2.80. The van der Waals surface area contributed by atoms with Crippen molar-refractivity contribution >= 4 is 0 Å². The predicted molar refractivity (Wildman–Crippen MR) is 46.2 cm³/mol. The highest BCUT2D eigenvalue weighted by Crippen LogP contribution is 2.25. The Bertz CT molecular complexity index is 114. The summed E-state index contributed by atoms with van der Waals surface area (Å²) in [5, 5.41) is 18.0. The van der Waals surface area contributed by atoms with Crippen LogP contribution in [0.15, 0.2) is 25.3 Å². The van der Waals surface area contributed by atoms with Crippen molar-refractivity contribution in [3.8, 4) is 0 Å². The van der Waals surface area contributed by atoms with E-state index >= 15 is 0 Å². The van der Waals surface area contributed by atoms with Crippen LogP contribution in [-0.2, 0) is 0 Å². The van der Waals surface area contributed by atoms with E-state index in [0.29, 0.717) is 12.8 Å². The van der Waals surface area contributed by atoms with E-state index < -0.39 is 5.41 Å². The molecule has 0 aromatic carbocycles. The van der Waals surface area contributed by atoms with Gasteiger partial charge in [0.05, 0.1) is 13.2 Å². The summed E-state index contributed by atoms with van der Waals surface area (Å²) in [5.41, 5.74) is -0.441. The largest absolute Gasteiger partial charge is 0.396 e. The molecule has 0 atom stereocenters. The van der Waals surface area contributed by atoms with Crippen molar-refractivity contribution in [3.05, 3.63) is 25.3 Å². The van der Waals surface area contributed by atoms with Gasteiger partial charge in [-0.1, -0.05) is 12.2 Å². The van der Waals surface area contributed by atoms with E-state index in [1.54, 1.807) is 12.2 Å². The van der Waals surface area contributed by atoms with E-state index in [0.717, 1.165) is 0 Å². The molecule has 2 heteroatoms. The molecule has 0 aliphatic heterocycles. The van der Waals surface area contributed by atoms with Gasteiger partial charge in [0.25, 0.3) is 0 Å². The highest BCUT2D eigenvalue weighted by atomic mass is 16.3. The van der Waals surface area contributed by atoms with Crippen LogP contribution in [0.3, 0.4) is 0 Å². The third-order valence-corrected chi connectivity index (χ3v) is 1.83. The Balaban J connectivity index is 4.17.